The number of nitrogens with zero attached hydrogens (tertiary/aromatic N) is 4. The molecule has 0 bridgehead atoms. The van der Waals surface area contributed by atoms with Crippen LogP contribution in [0.1, 0.15) is 0 Å². The molecule has 0 aliphatic carbocycles. The van der Waals surface area contributed by atoms with E-state index < -0.39 is 0 Å². The van der Waals surface area contributed by atoms with E-state index in [4.69, 9.17) is 0 Å². The fourth-order valence-electron chi connectivity index (χ4n) is 2.43. The Morgan fingerprint density at radius 3 is 2.00 bits per heavy atom. The zero-order valence-corrected chi connectivity index (χ0v) is 9.27. The van der Waals surface area contributed by atoms with Crippen LogP contribution in [0.5, 0.6) is 0 Å². The van der Waals surface area contributed by atoms with Crippen LogP contribution in [0.2, 0.25) is 0 Å². The summed E-state index contributed by atoms with van der Waals surface area (Å²) in [4.78, 5) is 11.4. The zero-order chi connectivity index (χ0) is 10.4. The first kappa shape index (κ1) is 8.83. The molecule has 0 N–H and O–H groups in total. The van der Waals surface area contributed by atoms with Crippen molar-refractivity contribution in [2.45, 2.75) is 0 Å². The van der Waals surface area contributed by atoms with Crippen LogP contribution in [0.3, 0.4) is 0 Å². The van der Waals surface area contributed by atoms with Gasteiger partial charge in [0.25, 0.3) is 0 Å². The monoisotopic (exact) mass is 204 g/mol. The second-order valence-electron chi connectivity index (χ2n) is 4.36. The van der Waals surface area contributed by atoms with Gasteiger partial charge >= 0.3 is 0 Å². The third kappa shape index (κ3) is 1.17. The third-order valence-electron chi connectivity index (χ3n) is 3.43. The SMILES string of the molecule is CN1CCN2CCN(C)c3cncc1c32. The molecule has 0 spiro atoms. The average molecular weight is 204 g/mol. The smallest absolute Gasteiger partial charge is 0.0874 e. The minimum atomic E-state index is 1.10. The number of pyridine rings is 1. The lowest BCUT2D eigenvalue weighted by molar-refractivity contribution is 0.693. The predicted octanol–water partition coefficient (Wildman–Crippen LogP) is 0.788. The highest BCUT2D eigenvalue weighted by Crippen LogP contribution is 2.41. The predicted molar refractivity (Wildman–Crippen MR) is 63.0 cm³/mol. The molecule has 3 rings (SSSR count). The quantitative estimate of drug-likeness (QED) is 0.623. The molecule has 2 aliphatic heterocycles. The van der Waals surface area contributed by atoms with Gasteiger partial charge < -0.3 is 14.7 Å². The largest absolute Gasteiger partial charge is 0.370 e. The van der Waals surface area contributed by atoms with Gasteiger partial charge in [0, 0.05) is 40.3 Å². The molecule has 15 heavy (non-hydrogen) atoms. The van der Waals surface area contributed by atoms with Gasteiger partial charge in [-0.05, 0) is 0 Å². The molecule has 3 heterocycles. The molecular weight excluding hydrogens is 188 g/mol. The molecule has 0 aromatic carbocycles. The molecule has 0 fully saturated rings. The highest BCUT2D eigenvalue weighted by Gasteiger charge is 2.28. The maximum atomic E-state index is 4.33. The van der Waals surface area contributed by atoms with Gasteiger partial charge in [0.1, 0.15) is 0 Å². The maximum Gasteiger partial charge on any atom is 0.0874 e. The average Bonchev–Trinajstić information content (AvgIpc) is 2.27. The van der Waals surface area contributed by atoms with Crippen molar-refractivity contribution >= 4 is 17.1 Å². The van der Waals surface area contributed by atoms with Crippen molar-refractivity contribution in [3.05, 3.63) is 12.4 Å². The van der Waals surface area contributed by atoms with Crippen LogP contribution in [-0.4, -0.2) is 45.3 Å². The molecule has 0 radical (unpaired) electrons. The van der Waals surface area contributed by atoms with Crippen molar-refractivity contribution in [3.8, 4) is 0 Å². The Bertz CT molecular complexity index is 358. The van der Waals surface area contributed by atoms with Crippen LogP contribution in [0.25, 0.3) is 0 Å². The number of aromatic nitrogens is 1. The summed E-state index contributed by atoms with van der Waals surface area (Å²) >= 11 is 0. The van der Waals surface area contributed by atoms with Gasteiger partial charge in [-0.1, -0.05) is 0 Å². The zero-order valence-electron chi connectivity index (χ0n) is 9.27. The summed E-state index contributed by atoms with van der Waals surface area (Å²) in [6, 6.07) is 0. The molecular formula is C11H16N4. The lowest BCUT2D eigenvalue weighted by Gasteiger charge is -2.43. The summed E-state index contributed by atoms with van der Waals surface area (Å²) in [5.74, 6) is 0. The van der Waals surface area contributed by atoms with Gasteiger partial charge in [0.05, 0.1) is 29.5 Å². The van der Waals surface area contributed by atoms with E-state index in [1.165, 1.54) is 17.1 Å². The normalized spacial score (nSPS) is 19.2. The summed E-state index contributed by atoms with van der Waals surface area (Å²) in [5, 5.41) is 0. The molecule has 1 aromatic heterocycles. The number of anilines is 3. The van der Waals surface area contributed by atoms with Crippen LogP contribution in [0, 0.1) is 0 Å². The number of rotatable bonds is 0. The number of likely N-dealkylation sites (N-methyl/N-ethyl adjacent to an activating group) is 2. The fraction of sp³-hybridized carbons (Fsp3) is 0.545. The molecule has 1 aromatic rings. The summed E-state index contributed by atoms with van der Waals surface area (Å²) < 4.78 is 0. The summed E-state index contributed by atoms with van der Waals surface area (Å²) in [5.41, 5.74) is 3.91. The van der Waals surface area contributed by atoms with Crippen molar-refractivity contribution in [1.29, 1.82) is 0 Å². The topological polar surface area (TPSA) is 22.6 Å². The van der Waals surface area contributed by atoms with Gasteiger partial charge in [-0.3, -0.25) is 4.98 Å². The van der Waals surface area contributed by atoms with E-state index in [1.807, 2.05) is 12.4 Å². The Labute approximate surface area is 90.1 Å². The van der Waals surface area contributed by atoms with Crippen LogP contribution >= 0.6 is 0 Å². The number of hydrogen-bond acceptors (Lipinski definition) is 4. The first-order valence-electron chi connectivity index (χ1n) is 5.42. The first-order chi connectivity index (χ1) is 7.27. The minimum Gasteiger partial charge on any atom is -0.370 e. The van der Waals surface area contributed by atoms with Crippen molar-refractivity contribution in [2.75, 3.05) is 55.0 Å². The maximum absolute atomic E-state index is 4.33. The second-order valence-corrected chi connectivity index (χ2v) is 4.36. The Hall–Kier alpha value is -1.45. The van der Waals surface area contributed by atoms with Gasteiger partial charge in [0.15, 0.2) is 0 Å². The Morgan fingerprint density at radius 2 is 1.47 bits per heavy atom. The summed E-state index contributed by atoms with van der Waals surface area (Å²) in [6.07, 6.45) is 3.95. The highest BCUT2D eigenvalue weighted by molar-refractivity contribution is 5.86. The van der Waals surface area contributed by atoms with Gasteiger partial charge in [-0.2, -0.15) is 0 Å². The van der Waals surface area contributed by atoms with E-state index in [0.29, 0.717) is 0 Å². The van der Waals surface area contributed by atoms with Gasteiger partial charge in [-0.15, -0.1) is 0 Å². The van der Waals surface area contributed by atoms with Gasteiger partial charge in [0.2, 0.25) is 0 Å². The lowest BCUT2D eigenvalue weighted by Crippen LogP contribution is -2.46. The van der Waals surface area contributed by atoms with Crippen LogP contribution < -0.4 is 14.7 Å². The highest BCUT2D eigenvalue weighted by atomic mass is 15.3. The standard InChI is InChI=1S/C11H16N4/c1-13-3-5-15-6-4-14(2)10-8-12-7-9(13)11(10)15/h7-8H,3-6H2,1-2H3. The van der Waals surface area contributed by atoms with E-state index in [0.717, 1.165) is 26.2 Å². The molecule has 2 aliphatic rings. The first-order valence-corrected chi connectivity index (χ1v) is 5.42. The van der Waals surface area contributed by atoms with Crippen molar-refractivity contribution in [3.63, 3.8) is 0 Å². The molecule has 0 atom stereocenters. The molecule has 80 valence electrons. The Kier molecular flexibility index (Phi) is 1.78. The van der Waals surface area contributed by atoms with E-state index in [1.54, 1.807) is 0 Å². The van der Waals surface area contributed by atoms with Crippen molar-refractivity contribution in [2.24, 2.45) is 0 Å². The van der Waals surface area contributed by atoms with Crippen molar-refractivity contribution in [1.82, 2.24) is 4.98 Å². The summed E-state index contributed by atoms with van der Waals surface area (Å²) in [7, 11) is 4.28. The summed E-state index contributed by atoms with van der Waals surface area (Å²) in [6.45, 7) is 4.46. The van der Waals surface area contributed by atoms with Crippen LogP contribution in [0.15, 0.2) is 12.4 Å². The molecule has 4 nitrogen and oxygen atoms in total. The molecule has 0 amide bonds. The van der Waals surface area contributed by atoms with E-state index in [9.17, 15) is 0 Å². The van der Waals surface area contributed by atoms with E-state index >= 15 is 0 Å². The second kappa shape index (κ2) is 3.02. The Balaban J connectivity index is 2.20. The fourth-order valence-corrected chi connectivity index (χ4v) is 2.43. The lowest BCUT2D eigenvalue weighted by atomic mass is 10.1. The molecule has 4 heteroatoms. The van der Waals surface area contributed by atoms with Crippen molar-refractivity contribution < 1.29 is 0 Å². The minimum absolute atomic E-state index is 1.10. The van der Waals surface area contributed by atoms with Gasteiger partial charge in [-0.25, -0.2) is 0 Å². The molecule has 0 saturated heterocycles. The molecule has 0 saturated carbocycles. The molecule has 0 unspecified atom stereocenters. The van der Waals surface area contributed by atoms with E-state index in [2.05, 4.69) is 33.8 Å². The Morgan fingerprint density at radius 1 is 0.933 bits per heavy atom. The van der Waals surface area contributed by atoms with Crippen LogP contribution in [-0.2, 0) is 0 Å². The van der Waals surface area contributed by atoms with E-state index in [-0.39, 0.29) is 0 Å². The van der Waals surface area contributed by atoms with Crippen LogP contribution in [0.4, 0.5) is 17.1 Å². The third-order valence-corrected chi connectivity index (χ3v) is 3.43. The number of hydrogen-bond donors (Lipinski definition) is 0.